The fraction of sp³-hybridized carbons (Fsp3) is 0.833. The van der Waals surface area contributed by atoms with Crippen LogP contribution in [0.2, 0.25) is 0 Å². The minimum atomic E-state index is 0.409. The lowest BCUT2D eigenvalue weighted by atomic mass is 10.2. The predicted octanol–water partition coefficient (Wildman–Crippen LogP) is 2.05. The van der Waals surface area contributed by atoms with Crippen molar-refractivity contribution in [3.63, 3.8) is 0 Å². The van der Waals surface area contributed by atoms with Crippen molar-refractivity contribution in [2.45, 2.75) is 46.7 Å². The molecular weight excluding hydrogens is 216 g/mol. The Labute approximate surface area is 104 Å². The summed E-state index contributed by atoms with van der Waals surface area (Å²) in [5.41, 5.74) is 0. The van der Waals surface area contributed by atoms with Crippen molar-refractivity contribution in [1.29, 1.82) is 0 Å². The summed E-state index contributed by atoms with van der Waals surface area (Å²) in [6.07, 6.45) is 1.06. The molecule has 5 nitrogen and oxygen atoms in total. The smallest absolute Gasteiger partial charge is 0.318 e. The van der Waals surface area contributed by atoms with Crippen molar-refractivity contribution in [2.75, 3.05) is 18.5 Å². The van der Waals surface area contributed by atoms with E-state index < -0.39 is 0 Å². The Bertz CT molecular complexity index is 324. The largest absolute Gasteiger partial charge is 0.407 e. The Kier molecular flexibility index (Phi) is 5.41. The minimum absolute atomic E-state index is 0.409. The number of hydrogen-bond acceptors (Lipinski definition) is 5. The van der Waals surface area contributed by atoms with Crippen molar-refractivity contribution in [3.8, 4) is 0 Å². The second-order valence-corrected chi connectivity index (χ2v) is 4.87. The Morgan fingerprint density at radius 1 is 1.29 bits per heavy atom. The number of anilines is 1. The Balaban J connectivity index is 2.47. The topological polar surface area (TPSA) is 54.2 Å². The highest BCUT2D eigenvalue weighted by Gasteiger charge is 2.14. The Morgan fingerprint density at radius 3 is 2.59 bits per heavy atom. The van der Waals surface area contributed by atoms with E-state index in [0.717, 1.165) is 13.0 Å². The van der Waals surface area contributed by atoms with Gasteiger partial charge < -0.3 is 14.6 Å². The van der Waals surface area contributed by atoms with Gasteiger partial charge in [0.2, 0.25) is 5.89 Å². The summed E-state index contributed by atoms with van der Waals surface area (Å²) in [6.45, 7) is 10.2. The molecule has 0 aliphatic heterocycles. The standard InChI is InChI=1S/C12H24N4O/c1-6-10(4)16(5)12-15-14-11(17-12)8-13-7-9(2)3/h9-10,13H,6-8H2,1-5H3. The molecule has 1 heterocycles. The van der Waals surface area contributed by atoms with E-state index >= 15 is 0 Å². The molecule has 1 atom stereocenters. The fourth-order valence-electron chi connectivity index (χ4n) is 1.39. The summed E-state index contributed by atoms with van der Waals surface area (Å²) in [4.78, 5) is 2.01. The normalized spacial score (nSPS) is 13.1. The molecule has 0 saturated heterocycles. The molecule has 1 N–H and O–H groups in total. The van der Waals surface area contributed by atoms with Gasteiger partial charge in [-0.3, -0.25) is 0 Å². The van der Waals surface area contributed by atoms with E-state index in [2.05, 4.69) is 43.2 Å². The first-order valence-electron chi connectivity index (χ1n) is 6.30. The van der Waals surface area contributed by atoms with E-state index in [9.17, 15) is 0 Å². The molecule has 1 aromatic heterocycles. The monoisotopic (exact) mass is 240 g/mol. The molecule has 0 aliphatic carbocycles. The van der Waals surface area contributed by atoms with Gasteiger partial charge in [0, 0.05) is 13.1 Å². The van der Waals surface area contributed by atoms with Gasteiger partial charge >= 0.3 is 6.01 Å². The third-order valence-electron chi connectivity index (χ3n) is 2.84. The number of nitrogens with zero attached hydrogens (tertiary/aromatic N) is 3. The van der Waals surface area contributed by atoms with Gasteiger partial charge in [0.25, 0.3) is 0 Å². The lowest BCUT2D eigenvalue weighted by Crippen LogP contribution is -2.28. The van der Waals surface area contributed by atoms with Crippen LogP contribution in [0.5, 0.6) is 0 Å². The maximum absolute atomic E-state index is 5.59. The quantitative estimate of drug-likeness (QED) is 0.790. The highest BCUT2D eigenvalue weighted by atomic mass is 16.4. The summed E-state index contributed by atoms with van der Waals surface area (Å²) >= 11 is 0. The number of hydrogen-bond donors (Lipinski definition) is 1. The maximum Gasteiger partial charge on any atom is 0.318 e. The van der Waals surface area contributed by atoms with Gasteiger partial charge in [-0.25, -0.2) is 0 Å². The van der Waals surface area contributed by atoms with Gasteiger partial charge in [0.1, 0.15) is 0 Å². The molecule has 0 saturated carbocycles. The summed E-state index contributed by atoms with van der Waals surface area (Å²) in [5, 5.41) is 11.4. The molecule has 1 unspecified atom stereocenters. The maximum atomic E-state index is 5.59. The van der Waals surface area contributed by atoms with Crippen molar-refractivity contribution in [1.82, 2.24) is 15.5 Å². The lowest BCUT2D eigenvalue weighted by Gasteiger charge is -2.20. The van der Waals surface area contributed by atoms with E-state index in [0.29, 0.717) is 30.4 Å². The van der Waals surface area contributed by atoms with Crippen LogP contribution >= 0.6 is 0 Å². The predicted molar refractivity (Wildman–Crippen MR) is 69.0 cm³/mol. The van der Waals surface area contributed by atoms with E-state index in [4.69, 9.17) is 4.42 Å². The average molecular weight is 240 g/mol. The van der Waals surface area contributed by atoms with Gasteiger partial charge in [-0.15, -0.1) is 5.10 Å². The van der Waals surface area contributed by atoms with Gasteiger partial charge in [-0.05, 0) is 25.8 Å². The third-order valence-corrected chi connectivity index (χ3v) is 2.84. The van der Waals surface area contributed by atoms with Crippen LogP contribution in [0.25, 0.3) is 0 Å². The van der Waals surface area contributed by atoms with Crippen LogP contribution in [0, 0.1) is 5.92 Å². The SMILES string of the molecule is CCC(C)N(C)c1nnc(CNCC(C)C)o1. The number of aromatic nitrogens is 2. The highest BCUT2D eigenvalue weighted by molar-refractivity contribution is 5.23. The zero-order valence-corrected chi connectivity index (χ0v) is 11.5. The second-order valence-electron chi connectivity index (χ2n) is 4.87. The molecule has 1 rings (SSSR count). The zero-order valence-electron chi connectivity index (χ0n) is 11.5. The molecule has 0 bridgehead atoms. The van der Waals surface area contributed by atoms with Crippen LogP contribution < -0.4 is 10.2 Å². The van der Waals surface area contributed by atoms with E-state index in [1.54, 1.807) is 0 Å². The lowest BCUT2D eigenvalue weighted by molar-refractivity contribution is 0.442. The minimum Gasteiger partial charge on any atom is -0.407 e. The summed E-state index contributed by atoms with van der Waals surface area (Å²) in [7, 11) is 1.98. The van der Waals surface area contributed by atoms with Crippen LogP contribution in [0.3, 0.4) is 0 Å². The van der Waals surface area contributed by atoms with Gasteiger partial charge in [-0.1, -0.05) is 25.9 Å². The van der Waals surface area contributed by atoms with Crippen molar-refractivity contribution in [2.24, 2.45) is 5.92 Å². The van der Waals surface area contributed by atoms with Gasteiger partial charge in [0.15, 0.2) is 0 Å². The molecule has 17 heavy (non-hydrogen) atoms. The van der Waals surface area contributed by atoms with Crippen LogP contribution in [-0.2, 0) is 6.54 Å². The zero-order chi connectivity index (χ0) is 12.8. The van der Waals surface area contributed by atoms with Crippen LogP contribution in [0.4, 0.5) is 6.01 Å². The highest BCUT2D eigenvalue weighted by Crippen LogP contribution is 2.14. The first-order chi connectivity index (χ1) is 8.04. The Hall–Kier alpha value is -1.10. The van der Waals surface area contributed by atoms with Crippen LogP contribution in [0.1, 0.15) is 40.0 Å². The van der Waals surface area contributed by atoms with Gasteiger partial charge in [-0.2, -0.15) is 0 Å². The molecule has 98 valence electrons. The molecule has 0 fully saturated rings. The van der Waals surface area contributed by atoms with Gasteiger partial charge in [0.05, 0.1) is 6.54 Å². The summed E-state index contributed by atoms with van der Waals surface area (Å²) in [6, 6.07) is 1.01. The summed E-state index contributed by atoms with van der Waals surface area (Å²) in [5.74, 6) is 1.27. The average Bonchev–Trinajstić information content (AvgIpc) is 2.75. The fourth-order valence-corrected chi connectivity index (χ4v) is 1.39. The molecular formula is C12H24N4O. The first-order valence-corrected chi connectivity index (χ1v) is 6.30. The third kappa shape index (κ3) is 4.34. The number of rotatable bonds is 7. The second kappa shape index (κ2) is 6.59. The van der Waals surface area contributed by atoms with Crippen molar-refractivity contribution >= 4 is 6.01 Å². The Morgan fingerprint density at radius 2 is 2.00 bits per heavy atom. The molecule has 0 radical (unpaired) electrons. The summed E-state index contributed by atoms with van der Waals surface area (Å²) < 4.78 is 5.59. The van der Waals surface area contributed by atoms with Crippen molar-refractivity contribution in [3.05, 3.63) is 5.89 Å². The first kappa shape index (κ1) is 14.0. The van der Waals surface area contributed by atoms with E-state index in [1.807, 2.05) is 11.9 Å². The van der Waals surface area contributed by atoms with E-state index in [-0.39, 0.29) is 0 Å². The molecule has 5 heteroatoms. The molecule has 0 aromatic carbocycles. The van der Waals surface area contributed by atoms with Crippen LogP contribution in [0.15, 0.2) is 4.42 Å². The molecule has 0 spiro atoms. The van der Waals surface area contributed by atoms with E-state index in [1.165, 1.54) is 0 Å². The number of nitrogens with one attached hydrogen (secondary N) is 1. The van der Waals surface area contributed by atoms with Crippen molar-refractivity contribution < 1.29 is 4.42 Å². The molecule has 0 amide bonds. The molecule has 0 aliphatic rings. The molecule has 1 aromatic rings. The van der Waals surface area contributed by atoms with Crippen LogP contribution in [-0.4, -0.2) is 29.8 Å².